The van der Waals surface area contributed by atoms with Gasteiger partial charge >= 0.3 is 0 Å². The lowest BCUT2D eigenvalue weighted by molar-refractivity contribution is 0.0175. The van der Waals surface area contributed by atoms with Crippen LogP contribution >= 0.6 is 0 Å². The number of anilines is 1. The van der Waals surface area contributed by atoms with Gasteiger partial charge in [-0.3, -0.25) is 4.79 Å². The Morgan fingerprint density at radius 3 is 2.43 bits per heavy atom. The fourth-order valence-electron chi connectivity index (χ4n) is 3.97. The molecule has 0 heterocycles. The van der Waals surface area contributed by atoms with E-state index in [1.165, 1.54) is 30.4 Å². The predicted molar refractivity (Wildman–Crippen MR) is 114 cm³/mol. The highest BCUT2D eigenvalue weighted by atomic mass is 19.3. The Labute approximate surface area is 174 Å². The van der Waals surface area contributed by atoms with Gasteiger partial charge in [0.1, 0.15) is 5.75 Å². The summed E-state index contributed by atoms with van der Waals surface area (Å²) in [7, 11) is 1.52. The number of carbonyl (C=O) groups excluding carboxylic acids is 1. The highest BCUT2D eigenvalue weighted by Gasteiger charge is 2.25. The summed E-state index contributed by atoms with van der Waals surface area (Å²) in [6.45, 7) is 0.862. The van der Waals surface area contributed by atoms with Gasteiger partial charge in [-0.15, -0.1) is 0 Å². The number of aryl methyl sites for hydroxylation is 2. The largest absolute Gasteiger partial charge is 0.496 e. The van der Waals surface area contributed by atoms with Gasteiger partial charge in [-0.25, -0.2) is 8.78 Å². The Morgan fingerprint density at radius 2 is 1.73 bits per heavy atom. The lowest BCUT2D eigenvalue weighted by atomic mass is 9.96. The molecule has 5 heteroatoms. The summed E-state index contributed by atoms with van der Waals surface area (Å²) < 4.78 is 32.7. The van der Waals surface area contributed by atoms with Crippen LogP contribution in [0.25, 0.3) is 11.1 Å². The maximum Gasteiger partial charge on any atom is 0.270 e. The number of halogens is 2. The summed E-state index contributed by atoms with van der Waals surface area (Å²) in [6, 6.07) is 17.2. The molecule has 0 fully saturated rings. The van der Waals surface area contributed by atoms with Gasteiger partial charge in [-0.1, -0.05) is 36.4 Å². The first-order valence-corrected chi connectivity index (χ1v) is 9.95. The number of hydrogen-bond donors (Lipinski definition) is 1. The summed E-state index contributed by atoms with van der Waals surface area (Å²) in [5.41, 5.74) is 4.91. The van der Waals surface area contributed by atoms with E-state index in [1.807, 2.05) is 12.1 Å². The van der Waals surface area contributed by atoms with Crippen LogP contribution in [0.2, 0.25) is 0 Å². The van der Waals surface area contributed by atoms with E-state index in [1.54, 1.807) is 30.3 Å². The van der Waals surface area contributed by atoms with Crippen LogP contribution in [0.1, 0.15) is 40.4 Å². The Balaban J connectivity index is 1.69. The van der Waals surface area contributed by atoms with Gasteiger partial charge in [0, 0.05) is 23.7 Å². The molecule has 30 heavy (non-hydrogen) atoms. The molecule has 1 aliphatic rings. The van der Waals surface area contributed by atoms with Crippen LogP contribution in [-0.2, 0) is 18.8 Å². The average molecular weight is 407 g/mol. The van der Waals surface area contributed by atoms with Crippen molar-refractivity contribution in [1.29, 1.82) is 0 Å². The van der Waals surface area contributed by atoms with E-state index in [0.29, 0.717) is 22.4 Å². The number of benzene rings is 3. The Bertz CT molecular complexity index is 1090. The minimum absolute atomic E-state index is 0.0784. The highest BCUT2D eigenvalue weighted by molar-refractivity contribution is 6.09. The molecule has 3 aromatic carbocycles. The number of nitrogens with one attached hydrogen (secondary N) is 1. The molecule has 0 spiro atoms. The summed E-state index contributed by atoms with van der Waals surface area (Å²) in [5, 5.41) is 2.97. The number of carbonyl (C=O) groups is 1. The molecule has 0 unspecified atom stereocenters. The van der Waals surface area contributed by atoms with Crippen LogP contribution in [0.4, 0.5) is 14.5 Å². The molecule has 0 radical (unpaired) electrons. The second-order valence-corrected chi connectivity index (χ2v) is 7.64. The maximum atomic E-state index is 13.6. The fourth-order valence-corrected chi connectivity index (χ4v) is 3.97. The smallest absolute Gasteiger partial charge is 0.270 e. The van der Waals surface area contributed by atoms with Crippen molar-refractivity contribution in [3.8, 4) is 16.9 Å². The van der Waals surface area contributed by atoms with Crippen molar-refractivity contribution in [2.45, 2.75) is 32.1 Å². The van der Waals surface area contributed by atoms with Gasteiger partial charge in [0.25, 0.3) is 11.8 Å². The summed E-state index contributed by atoms with van der Waals surface area (Å²) >= 11 is 0. The van der Waals surface area contributed by atoms with Crippen LogP contribution in [0.15, 0.2) is 60.7 Å². The summed E-state index contributed by atoms with van der Waals surface area (Å²) in [5.74, 6) is -2.69. The van der Waals surface area contributed by atoms with Crippen molar-refractivity contribution >= 4 is 11.6 Å². The highest BCUT2D eigenvalue weighted by Crippen LogP contribution is 2.36. The molecule has 0 bridgehead atoms. The number of hydrogen-bond acceptors (Lipinski definition) is 2. The number of ether oxygens (including phenoxy) is 1. The van der Waals surface area contributed by atoms with Gasteiger partial charge in [0.15, 0.2) is 0 Å². The fraction of sp³-hybridized carbons (Fsp3) is 0.240. The third kappa shape index (κ3) is 3.92. The van der Waals surface area contributed by atoms with Crippen LogP contribution in [-0.4, -0.2) is 13.0 Å². The standard InChI is InChI=1S/C25H23F2NO2/c1-25(26,27)19-12-9-17(10-13-19)23-21(7-4-8-22(23)30-2)24(29)28-20-14-11-16-5-3-6-18(16)15-20/h4,7-15H,3,5-6H2,1-2H3,(H,28,29). The Kier molecular flexibility index (Phi) is 5.29. The van der Waals surface area contributed by atoms with Gasteiger partial charge in [-0.05, 0) is 60.2 Å². The zero-order valence-corrected chi connectivity index (χ0v) is 17.0. The minimum atomic E-state index is -2.92. The Morgan fingerprint density at radius 1 is 1.00 bits per heavy atom. The number of amides is 1. The quantitative estimate of drug-likeness (QED) is 0.546. The van der Waals surface area contributed by atoms with Gasteiger partial charge in [-0.2, -0.15) is 0 Å². The molecule has 0 aliphatic heterocycles. The number of rotatable bonds is 5. The molecule has 0 atom stereocenters. The van der Waals surface area contributed by atoms with Gasteiger partial charge in [0.2, 0.25) is 0 Å². The van der Waals surface area contributed by atoms with Crippen molar-refractivity contribution in [1.82, 2.24) is 0 Å². The molecular formula is C25H23F2NO2. The molecule has 0 saturated carbocycles. The second-order valence-electron chi connectivity index (χ2n) is 7.64. The molecule has 4 rings (SSSR count). The van der Waals surface area contributed by atoms with E-state index in [0.717, 1.165) is 31.9 Å². The van der Waals surface area contributed by atoms with E-state index in [2.05, 4.69) is 11.4 Å². The van der Waals surface area contributed by atoms with Crippen molar-refractivity contribution < 1.29 is 18.3 Å². The molecule has 1 aliphatic carbocycles. The van der Waals surface area contributed by atoms with Crippen molar-refractivity contribution in [3.63, 3.8) is 0 Å². The second kappa shape index (κ2) is 7.90. The molecule has 1 N–H and O–H groups in total. The first-order chi connectivity index (χ1) is 14.4. The van der Waals surface area contributed by atoms with E-state index in [9.17, 15) is 13.6 Å². The van der Waals surface area contributed by atoms with E-state index < -0.39 is 5.92 Å². The average Bonchev–Trinajstić information content (AvgIpc) is 3.20. The third-order valence-electron chi connectivity index (χ3n) is 5.53. The molecule has 154 valence electrons. The molecule has 3 aromatic rings. The minimum Gasteiger partial charge on any atom is -0.496 e. The summed E-state index contributed by atoms with van der Waals surface area (Å²) in [6.07, 6.45) is 3.24. The van der Waals surface area contributed by atoms with Gasteiger partial charge in [0.05, 0.1) is 12.7 Å². The summed E-state index contributed by atoms with van der Waals surface area (Å²) in [4.78, 5) is 13.1. The molecule has 0 saturated heterocycles. The normalized spacial score (nSPS) is 13.1. The van der Waals surface area contributed by atoms with E-state index in [4.69, 9.17) is 4.74 Å². The van der Waals surface area contributed by atoms with Crippen LogP contribution < -0.4 is 10.1 Å². The van der Waals surface area contributed by atoms with Gasteiger partial charge < -0.3 is 10.1 Å². The number of methoxy groups -OCH3 is 1. The number of fused-ring (bicyclic) bond motifs is 1. The lowest BCUT2D eigenvalue weighted by Crippen LogP contribution is -2.14. The van der Waals surface area contributed by atoms with E-state index >= 15 is 0 Å². The first kappa shape index (κ1) is 20.1. The third-order valence-corrected chi connectivity index (χ3v) is 5.53. The molecule has 1 amide bonds. The van der Waals surface area contributed by atoms with Crippen molar-refractivity contribution in [2.24, 2.45) is 0 Å². The Hall–Kier alpha value is -3.21. The topological polar surface area (TPSA) is 38.3 Å². The monoisotopic (exact) mass is 407 g/mol. The van der Waals surface area contributed by atoms with Crippen LogP contribution in [0, 0.1) is 0 Å². The SMILES string of the molecule is COc1cccc(C(=O)Nc2ccc3c(c2)CCC3)c1-c1ccc(C(C)(F)F)cc1. The zero-order chi connectivity index (χ0) is 21.3. The number of alkyl halides is 2. The van der Waals surface area contributed by atoms with Crippen LogP contribution in [0.5, 0.6) is 5.75 Å². The van der Waals surface area contributed by atoms with Crippen molar-refractivity contribution in [2.75, 3.05) is 12.4 Å². The maximum absolute atomic E-state index is 13.6. The molecule has 3 nitrogen and oxygen atoms in total. The van der Waals surface area contributed by atoms with E-state index in [-0.39, 0.29) is 11.5 Å². The predicted octanol–water partition coefficient (Wildman–Crippen LogP) is 6.21. The molecular weight excluding hydrogens is 384 g/mol. The zero-order valence-electron chi connectivity index (χ0n) is 17.0. The molecule has 0 aromatic heterocycles. The first-order valence-electron chi connectivity index (χ1n) is 9.95. The van der Waals surface area contributed by atoms with Crippen molar-refractivity contribution in [3.05, 3.63) is 82.9 Å². The van der Waals surface area contributed by atoms with Crippen LogP contribution in [0.3, 0.4) is 0 Å². The lowest BCUT2D eigenvalue weighted by Gasteiger charge is -2.16.